The lowest BCUT2D eigenvalue weighted by Gasteiger charge is -2.14. The predicted molar refractivity (Wildman–Crippen MR) is 236 cm³/mol. The molecule has 3 heterocycles. The van der Waals surface area contributed by atoms with Gasteiger partial charge in [0.2, 0.25) is 0 Å². The Labute approximate surface area is 325 Å². The first-order valence-electron chi connectivity index (χ1n) is 18.9. The summed E-state index contributed by atoms with van der Waals surface area (Å²) in [4.78, 5) is 15.8. The number of aromatic nitrogens is 4. The first-order valence-corrected chi connectivity index (χ1v) is 19.7. The number of hydrogen-bond acceptors (Lipinski definition) is 4. The summed E-state index contributed by atoms with van der Waals surface area (Å²) in [7, 11) is 0. The van der Waals surface area contributed by atoms with Crippen molar-refractivity contribution in [1.82, 2.24) is 19.5 Å². The molecule has 0 saturated heterocycles. The van der Waals surface area contributed by atoms with Gasteiger partial charge in [-0.25, -0.2) is 15.0 Å². The lowest BCUT2D eigenvalue weighted by Crippen LogP contribution is -2.01. The van der Waals surface area contributed by atoms with E-state index in [0.29, 0.717) is 17.5 Å². The van der Waals surface area contributed by atoms with Gasteiger partial charge in [-0.1, -0.05) is 152 Å². The van der Waals surface area contributed by atoms with E-state index in [0.717, 1.165) is 38.0 Å². The molecule has 0 saturated carbocycles. The fourth-order valence-corrected chi connectivity index (χ4v) is 9.79. The van der Waals surface area contributed by atoms with E-state index in [1.54, 1.807) is 11.3 Å². The number of fused-ring (bicyclic) bond motifs is 11. The Morgan fingerprint density at radius 3 is 1.86 bits per heavy atom. The third-order valence-corrected chi connectivity index (χ3v) is 12.4. The van der Waals surface area contributed by atoms with Crippen LogP contribution in [0.15, 0.2) is 182 Å². The van der Waals surface area contributed by atoms with Gasteiger partial charge < -0.3 is 4.57 Å². The maximum absolute atomic E-state index is 5.34. The van der Waals surface area contributed by atoms with Gasteiger partial charge in [-0.3, -0.25) is 0 Å². The summed E-state index contributed by atoms with van der Waals surface area (Å²) in [6.45, 7) is 0. The highest BCUT2D eigenvalue weighted by Gasteiger charge is 2.22. The van der Waals surface area contributed by atoms with Crippen molar-refractivity contribution in [1.29, 1.82) is 0 Å². The summed E-state index contributed by atoms with van der Waals surface area (Å²) in [5.74, 6) is 1.94. The molecule has 0 spiro atoms. The fraction of sp³-hybridized carbons (Fsp3) is 0. The summed E-state index contributed by atoms with van der Waals surface area (Å²) in [6, 6.07) is 65.1. The molecule has 0 unspecified atom stereocenters. The quantitative estimate of drug-likeness (QED) is 0.181. The SMILES string of the molecule is c1ccc(-c2nc(-c3ccc4ccccc4c3)nc(-c3cc(-n4c5ccc6ccccc6c5c5ccc6ccccc6c54)cc4c3sc3ccccc34)n2)cc1. The van der Waals surface area contributed by atoms with Crippen LogP contribution in [0.5, 0.6) is 0 Å². The highest BCUT2D eigenvalue weighted by molar-refractivity contribution is 7.26. The lowest BCUT2D eigenvalue weighted by atomic mass is 10.0. The molecule has 5 heteroatoms. The van der Waals surface area contributed by atoms with E-state index in [-0.39, 0.29) is 0 Å². The van der Waals surface area contributed by atoms with Crippen molar-refractivity contribution in [3.8, 4) is 39.9 Å². The molecule has 56 heavy (non-hydrogen) atoms. The molecule has 0 aliphatic carbocycles. The minimum atomic E-state index is 0.646. The van der Waals surface area contributed by atoms with Crippen molar-refractivity contribution in [3.63, 3.8) is 0 Å². The fourth-order valence-electron chi connectivity index (χ4n) is 8.59. The van der Waals surface area contributed by atoms with Gasteiger partial charge in [0.15, 0.2) is 17.5 Å². The van der Waals surface area contributed by atoms with E-state index < -0.39 is 0 Å². The van der Waals surface area contributed by atoms with E-state index in [2.05, 4.69) is 168 Å². The lowest BCUT2D eigenvalue weighted by molar-refractivity contribution is 1.08. The van der Waals surface area contributed by atoms with Crippen molar-refractivity contribution >= 4 is 85.6 Å². The zero-order chi connectivity index (χ0) is 36.7. The number of hydrogen-bond donors (Lipinski definition) is 0. The van der Waals surface area contributed by atoms with Gasteiger partial charge in [0.05, 0.1) is 11.0 Å². The minimum absolute atomic E-state index is 0.646. The number of benzene rings is 9. The molecule has 12 aromatic rings. The summed E-state index contributed by atoms with van der Waals surface area (Å²) < 4.78 is 4.85. The van der Waals surface area contributed by atoms with Gasteiger partial charge in [-0.15, -0.1) is 11.3 Å². The Balaban J connectivity index is 1.21. The zero-order valence-electron chi connectivity index (χ0n) is 30.0. The second-order valence-corrected chi connectivity index (χ2v) is 15.5. The molecule has 0 fully saturated rings. The minimum Gasteiger partial charge on any atom is -0.309 e. The van der Waals surface area contributed by atoms with Crippen LogP contribution in [0.1, 0.15) is 0 Å². The van der Waals surface area contributed by atoms with E-state index in [4.69, 9.17) is 15.0 Å². The Bertz CT molecular complexity index is 3540. The predicted octanol–water partition coefficient (Wildman–Crippen LogP) is 13.8. The van der Waals surface area contributed by atoms with Crippen LogP contribution in [0.2, 0.25) is 0 Å². The molecular formula is C51H30N4S. The third kappa shape index (κ3) is 4.75. The smallest absolute Gasteiger partial charge is 0.165 e. The number of nitrogens with zero attached hydrogens (tertiary/aromatic N) is 4. The summed E-state index contributed by atoms with van der Waals surface area (Å²) in [6.07, 6.45) is 0. The van der Waals surface area contributed by atoms with Crippen LogP contribution in [0.25, 0.3) is 114 Å². The van der Waals surface area contributed by atoms with Gasteiger partial charge in [-0.2, -0.15) is 0 Å². The van der Waals surface area contributed by atoms with E-state index in [1.807, 2.05) is 18.2 Å². The first-order chi connectivity index (χ1) is 27.7. The van der Waals surface area contributed by atoms with Gasteiger partial charge in [-0.05, 0) is 57.3 Å². The van der Waals surface area contributed by atoms with E-state index in [1.165, 1.54) is 58.7 Å². The van der Waals surface area contributed by atoms with Crippen molar-refractivity contribution in [3.05, 3.63) is 182 Å². The molecule has 0 amide bonds. The molecule has 3 aromatic heterocycles. The van der Waals surface area contributed by atoms with Gasteiger partial charge in [0.1, 0.15) is 0 Å². The largest absolute Gasteiger partial charge is 0.309 e. The average Bonchev–Trinajstić information content (AvgIpc) is 3.82. The van der Waals surface area contributed by atoms with E-state index in [9.17, 15) is 0 Å². The van der Waals surface area contributed by atoms with Crippen molar-refractivity contribution in [2.45, 2.75) is 0 Å². The third-order valence-electron chi connectivity index (χ3n) is 11.2. The molecule has 0 atom stereocenters. The van der Waals surface area contributed by atoms with E-state index >= 15 is 0 Å². The van der Waals surface area contributed by atoms with Crippen LogP contribution < -0.4 is 0 Å². The molecule has 4 nitrogen and oxygen atoms in total. The second-order valence-electron chi connectivity index (χ2n) is 14.4. The molecule has 0 aliphatic rings. The molecule has 0 bridgehead atoms. The maximum atomic E-state index is 5.34. The number of rotatable bonds is 4. The zero-order valence-corrected chi connectivity index (χ0v) is 30.8. The van der Waals surface area contributed by atoms with Crippen LogP contribution >= 0.6 is 11.3 Å². The van der Waals surface area contributed by atoms with Crippen molar-refractivity contribution in [2.75, 3.05) is 0 Å². The normalized spacial score (nSPS) is 11.9. The summed E-state index contributed by atoms with van der Waals surface area (Å²) in [5.41, 5.74) is 6.30. The highest BCUT2D eigenvalue weighted by atomic mass is 32.1. The Morgan fingerprint density at radius 1 is 0.393 bits per heavy atom. The molecule has 0 N–H and O–H groups in total. The monoisotopic (exact) mass is 730 g/mol. The molecule has 9 aromatic carbocycles. The maximum Gasteiger partial charge on any atom is 0.165 e. The Morgan fingerprint density at radius 2 is 1.02 bits per heavy atom. The molecule has 0 radical (unpaired) electrons. The van der Waals surface area contributed by atoms with Gasteiger partial charge in [0, 0.05) is 58.7 Å². The van der Waals surface area contributed by atoms with Gasteiger partial charge in [0.25, 0.3) is 0 Å². The van der Waals surface area contributed by atoms with Crippen LogP contribution in [-0.2, 0) is 0 Å². The topological polar surface area (TPSA) is 43.6 Å². The standard InChI is InChI=1S/C51H30N4S/c1-2-15-34(16-3-1)49-52-50(36-23-22-31-12-4-5-17-35(31)28-36)54-51(53-49)43-30-37(29-42-40-20-10-11-21-45(40)56-48(42)43)55-44-27-25-32-13-6-8-18-38(32)46(44)41-26-24-33-14-7-9-19-39(33)47(41)55/h1-30H. The summed E-state index contributed by atoms with van der Waals surface area (Å²) >= 11 is 1.80. The second kappa shape index (κ2) is 12.2. The number of thiophene rings is 1. The molecule has 12 rings (SSSR count). The summed E-state index contributed by atoms with van der Waals surface area (Å²) in [5, 5.41) is 12.1. The van der Waals surface area contributed by atoms with Crippen LogP contribution in [-0.4, -0.2) is 19.5 Å². The molecular weight excluding hydrogens is 701 g/mol. The van der Waals surface area contributed by atoms with Crippen molar-refractivity contribution in [2.24, 2.45) is 0 Å². The van der Waals surface area contributed by atoms with Crippen LogP contribution in [0.3, 0.4) is 0 Å². The van der Waals surface area contributed by atoms with Gasteiger partial charge >= 0.3 is 0 Å². The Kier molecular flexibility index (Phi) is 6.76. The molecule has 260 valence electrons. The average molecular weight is 731 g/mol. The molecule has 0 aliphatic heterocycles. The highest BCUT2D eigenvalue weighted by Crippen LogP contribution is 2.45. The van der Waals surface area contributed by atoms with Crippen LogP contribution in [0, 0.1) is 0 Å². The van der Waals surface area contributed by atoms with Crippen molar-refractivity contribution < 1.29 is 0 Å². The Hall–Kier alpha value is -7.21. The first kappa shape index (κ1) is 31.2. The van der Waals surface area contributed by atoms with Crippen LogP contribution in [0.4, 0.5) is 0 Å².